The monoisotopic (exact) mass is 242 g/mol. The Hall–Kier alpha value is -1.51. The van der Waals surface area contributed by atoms with Gasteiger partial charge < -0.3 is 10.6 Å². The van der Waals surface area contributed by atoms with Gasteiger partial charge >= 0.3 is 0 Å². The van der Waals surface area contributed by atoms with Gasteiger partial charge in [-0.15, -0.1) is 0 Å². The quantitative estimate of drug-likeness (QED) is 0.680. The zero-order valence-corrected chi connectivity index (χ0v) is 10.5. The van der Waals surface area contributed by atoms with Crippen LogP contribution in [0.5, 0.6) is 0 Å². The standard InChI is InChI=1S/C15H18N2O/c18-14-9-15-11-4-2-1-3-10(11)5-6-12(15)16-8-7-13(15)17-14/h2,4,6,13,16H,1,3,5,7-9H2,(H,17,18). The summed E-state index contributed by atoms with van der Waals surface area (Å²) in [6, 6.07) is 0.297. The summed E-state index contributed by atoms with van der Waals surface area (Å²) in [6.07, 6.45) is 11.9. The van der Waals surface area contributed by atoms with Crippen LogP contribution in [-0.4, -0.2) is 18.5 Å². The van der Waals surface area contributed by atoms with E-state index < -0.39 is 0 Å². The van der Waals surface area contributed by atoms with E-state index in [1.807, 2.05) is 0 Å². The molecule has 0 aromatic heterocycles. The largest absolute Gasteiger partial charge is 0.388 e. The second-order valence-corrected chi connectivity index (χ2v) is 5.76. The fourth-order valence-corrected chi connectivity index (χ4v) is 4.15. The summed E-state index contributed by atoms with van der Waals surface area (Å²) in [4.78, 5) is 11.9. The Morgan fingerprint density at radius 1 is 1.39 bits per heavy atom. The maximum Gasteiger partial charge on any atom is 0.221 e. The van der Waals surface area contributed by atoms with Crippen molar-refractivity contribution in [2.45, 2.75) is 38.1 Å². The molecular weight excluding hydrogens is 224 g/mol. The Balaban J connectivity index is 1.89. The summed E-state index contributed by atoms with van der Waals surface area (Å²) in [6.45, 7) is 0.977. The highest BCUT2D eigenvalue weighted by atomic mass is 16.2. The highest BCUT2D eigenvalue weighted by Crippen LogP contribution is 2.53. The molecule has 0 aromatic carbocycles. The Bertz CT molecular complexity index is 515. The van der Waals surface area contributed by atoms with Gasteiger partial charge in [0.15, 0.2) is 0 Å². The van der Waals surface area contributed by atoms with Crippen molar-refractivity contribution in [2.24, 2.45) is 5.41 Å². The van der Waals surface area contributed by atoms with Crippen molar-refractivity contribution in [3.63, 3.8) is 0 Å². The minimum Gasteiger partial charge on any atom is -0.388 e. The molecule has 0 radical (unpaired) electrons. The predicted octanol–water partition coefficient (Wildman–Crippen LogP) is 1.79. The molecule has 2 heterocycles. The van der Waals surface area contributed by atoms with Crippen molar-refractivity contribution in [3.05, 3.63) is 35.1 Å². The number of rotatable bonds is 0. The van der Waals surface area contributed by atoms with E-state index in [-0.39, 0.29) is 11.3 Å². The Kier molecular flexibility index (Phi) is 2.02. The smallest absolute Gasteiger partial charge is 0.221 e. The van der Waals surface area contributed by atoms with Crippen LogP contribution in [0.4, 0.5) is 0 Å². The molecule has 2 aliphatic carbocycles. The van der Waals surface area contributed by atoms with E-state index in [0.29, 0.717) is 12.5 Å². The van der Waals surface area contributed by atoms with Crippen molar-refractivity contribution in [1.82, 2.24) is 10.6 Å². The fraction of sp³-hybridized carbons (Fsp3) is 0.533. The first-order valence-electron chi connectivity index (χ1n) is 6.93. The zero-order chi connectivity index (χ0) is 12.2. The summed E-state index contributed by atoms with van der Waals surface area (Å²) < 4.78 is 0. The van der Waals surface area contributed by atoms with E-state index >= 15 is 0 Å². The Morgan fingerprint density at radius 3 is 3.28 bits per heavy atom. The van der Waals surface area contributed by atoms with Gasteiger partial charge in [-0.05, 0) is 31.3 Å². The molecule has 1 amide bonds. The molecular formula is C15H18N2O. The molecule has 4 rings (SSSR count). The summed E-state index contributed by atoms with van der Waals surface area (Å²) in [5.74, 6) is 0.210. The number of carbonyl (C=O) groups is 1. The minimum atomic E-state index is -0.0696. The molecule has 0 bridgehead atoms. The number of hydrogen-bond acceptors (Lipinski definition) is 2. The third-order valence-electron chi connectivity index (χ3n) is 4.91. The second-order valence-electron chi connectivity index (χ2n) is 5.76. The number of hydrogen-bond donors (Lipinski definition) is 2. The van der Waals surface area contributed by atoms with E-state index in [0.717, 1.165) is 32.2 Å². The van der Waals surface area contributed by atoms with Crippen LogP contribution in [0, 0.1) is 5.41 Å². The number of nitrogens with one attached hydrogen (secondary N) is 2. The number of piperidine rings is 1. The van der Waals surface area contributed by atoms with Crippen molar-refractivity contribution in [2.75, 3.05) is 6.54 Å². The molecule has 0 saturated carbocycles. The van der Waals surface area contributed by atoms with Crippen molar-refractivity contribution in [3.8, 4) is 0 Å². The van der Waals surface area contributed by atoms with Gasteiger partial charge in [-0.1, -0.05) is 23.8 Å². The molecule has 2 aliphatic heterocycles. The first-order valence-corrected chi connectivity index (χ1v) is 6.93. The summed E-state index contributed by atoms with van der Waals surface area (Å²) in [5, 5.41) is 6.73. The summed E-state index contributed by atoms with van der Waals surface area (Å²) in [5.41, 5.74) is 4.20. The summed E-state index contributed by atoms with van der Waals surface area (Å²) >= 11 is 0. The van der Waals surface area contributed by atoms with Crippen LogP contribution in [0.15, 0.2) is 35.1 Å². The molecule has 94 valence electrons. The molecule has 0 aromatic rings. The van der Waals surface area contributed by atoms with Crippen molar-refractivity contribution in [1.29, 1.82) is 0 Å². The maximum atomic E-state index is 11.9. The molecule has 1 spiro atoms. The highest BCUT2D eigenvalue weighted by molar-refractivity contribution is 5.83. The lowest BCUT2D eigenvalue weighted by atomic mass is 9.63. The van der Waals surface area contributed by atoms with E-state index in [9.17, 15) is 4.79 Å². The predicted molar refractivity (Wildman–Crippen MR) is 69.7 cm³/mol. The van der Waals surface area contributed by atoms with Crippen LogP contribution in [-0.2, 0) is 4.79 Å². The number of amides is 1. The molecule has 2 unspecified atom stereocenters. The van der Waals surface area contributed by atoms with Crippen molar-refractivity contribution >= 4 is 5.91 Å². The van der Waals surface area contributed by atoms with Gasteiger partial charge in [-0.2, -0.15) is 0 Å². The molecule has 2 fully saturated rings. The maximum absolute atomic E-state index is 11.9. The second kappa shape index (κ2) is 3.50. The average Bonchev–Trinajstić information content (AvgIpc) is 2.74. The molecule has 18 heavy (non-hydrogen) atoms. The van der Waals surface area contributed by atoms with Gasteiger partial charge in [0.05, 0.1) is 5.41 Å². The fourth-order valence-electron chi connectivity index (χ4n) is 4.15. The zero-order valence-electron chi connectivity index (χ0n) is 10.5. The van der Waals surface area contributed by atoms with Crippen LogP contribution in [0.1, 0.15) is 32.1 Å². The lowest BCUT2D eigenvalue weighted by Gasteiger charge is -2.46. The van der Waals surface area contributed by atoms with E-state index in [2.05, 4.69) is 28.9 Å². The van der Waals surface area contributed by atoms with E-state index in [1.165, 1.54) is 11.3 Å². The van der Waals surface area contributed by atoms with Gasteiger partial charge in [0.1, 0.15) is 0 Å². The normalized spacial score (nSPS) is 37.2. The molecule has 2 N–H and O–H groups in total. The van der Waals surface area contributed by atoms with E-state index in [1.54, 1.807) is 5.57 Å². The first kappa shape index (κ1) is 10.4. The molecule has 4 aliphatic rings. The SMILES string of the molecule is O=C1CC23C(=CCC4=C2C=CCC4)NCCC3N1. The molecule has 2 atom stereocenters. The Morgan fingerprint density at radius 2 is 2.33 bits per heavy atom. The highest BCUT2D eigenvalue weighted by Gasteiger charge is 2.54. The van der Waals surface area contributed by atoms with Crippen LogP contribution in [0.25, 0.3) is 0 Å². The lowest BCUT2D eigenvalue weighted by Crippen LogP contribution is -2.50. The molecule has 2 saturated heterocycles. The lowest BCUT2D eigenvalue weighted by molar-refractivity contribution is -0.119. The third kappa shape index (κ3) is 1.17. The number of allylic oxidation sites excluding steroid dienone is 4. The van der Waals surface area contributed by atoms with Gasteiger partial charge in [-0.25, -0.2) is 0 Å². The van der Waals surface area contributed by atoms with Gasteiger partial charge in [0.2, 0.25) is 5.91 Å². The van der Waals surface area contributed by atoms with Gasteiger partial charge in [-0.3, -0.25) is 4.79 Å². The van der Waals surface area contributed by atoms with Crippen LogP contribution in [0.2, 0.25) is 0 Å². The minimum absolute atomic E-state index is 0.0696. The summed E-state index contributed by atoms with van der Waals surface area (Å²) in [7, 11) is 0. The molecule has 3 heteroatoms. The average molecular weight is 242 g/mol. The van der Waals surface area contributed by atoms with Crippen molar-refractivity contribution < 1.29 is 4.79 Å². The number of carbonyl (C=O) groups excluding carboxylic acids is 1. The van der Waals surface area contributed by atoms with Crippen LogP contribution in [0.3, 0.4) is 0 Å². The van der Waals surface area contributed by atoms with Crippen LogP contribution < -0.4 is 10.6 Å². The molecule has 3 nitrogen and oxygen atoms in total. The van der Waals surface area contributed by atoms with Gasteiger partial charge in [0.25, 0.3) is 0 Å². The first-order chi connectivity index (χ1) is 8.80. The Labute approximate surface area is 107 Å². The topological polar surface area (TPSA) is 41.1 Å². The third-order valence-corrected chi connectivity index (χ3v) is 4.91. The van der Waals surface area contributed by atoms with E-state index in [4.69, 9.17) is 0 Å². The van der Waals surface area contributed by atoms with Gasteiger partial charge in [0, 0.05) is 24.7 Å². The van der Waals surface area contributed by atoms with Crippen LogP contribution >= 0.6 is 0 Å².